The predicted octanol–water partition coefficient (Wildman–Crippen LogP) is 2.85. The predicted molar refractivity (Wildman–Crippen MR) is 78.9 cm³/mol. The van der Waals surface area contributed by atoms with Crippen molar-refractivity contribution in [1.82, 2.24) is 10.6 Å². The first kappa shape index (κ1) is 14.6. The van der Waals surface area contributed by atoms with Crippen molar-refractivity contribution in [2.24, 2.45) is 4.99 Å². The van der Waals surface area contributed by atoms with E-state index in [1.54, 1.807) is 0 Å². The number of aryl methyl sites for hydroxylation is 1. The third-order valence-corrected chi connectivity index (χ3v) is 2.84. The van der Waals surface area contributed by atoms with E-state index in [2.05, 4.69) is 60.7 Å². The van der Waals surface area contributed by atoms with Crippen LogP contribution in [-0.2, 0) is 6.54 Å². The van der Waals surface area contributed by atoms with Crippen molar-refractivity contribution < 1.29 is 0 Å². The highest BCUT2D eigenvalue weighted by Crippen LogP contribution is 2.07. The van der Waals surface area contributed by atoms with Gasteiger partial charge in [-0.05, 0) is 31.4 Å². The highest BCUT2D eigenvalue weighted by atomic mass is 15.2. The van der Waals surface area contributed by atoms with Crippen LogP contribution in [0.3, 0.4) is 0 Å². The first-order chi connectivity index (χ1) is 8.77. The average molecular weight is 247 g/mol. The Morgan fingerprint density at radius 1 is 1.17 bits per heavy atom. The summed E-state index contributed by atoms with van der Waals surface area (Å²) in [4.78, 5) is 4.61. The van der Waals surface area contributed by atoms with Crippen molar-refractivity contribution in [3.05, 3.63) is 35.4 Å². The minimum absolute atomic E-state index is 0.730. The number of rotatable bonds is 6. The molecule has 0 heterocycles. The largest absolute Gasteiger partial charge is 0.357 e. The van der Waals surface area contributed by atoms with Crippen LogP contribution in [0.25, 0.3) is 0 Å². The minimum Gasteiger partial charge on any atom is -0.357 e. The fourth-order valence-electron chi connectivity index (χ4n) is 1.68. The van der Waals surface area contributed by atoms with E-state index in [0.29, 0.717) is 0 Å². The molecule has 2 N–H and O–H groups in total. The maximum Gasteiger partial charge on any atom is 0.191 e. The zero-order valence-electron chi connectivity index (χ0n) is 11.8. The molecular formula is C15H25N3. The lowest BCUT2D eigenvalue weighted by Gasteiger charge is -2.11. The van der Waals surface area contributed by atoms with Gasteiger partial charge in [0.25, 0.3) is 0 Å². The van der Waals surface area contributed by atoms with Gasteiger partial charge < -0.3 is 10.6 Å². The van der Waals surface area contributed by atoms with E-state index < -0.39 is 0 Å². The lowest BCUT2D eigenvalue weighted by molar-refractivity contribution is 0.730. The van der Waals surface area contributed by atoms with Crippen LogP contribution in [-0.4, -0.2) is 19.0 Å². The summed E-state index contributed by atoms with van der Waals surface area (Å²) >= 11 is 0. The SMILES string of the molecule is CCCCNC(=NCc1ccccc1C)NCC. The number of hydrogen-bond donors (Lipinski definition) is 2. The van der Waals surface area contributed by atoms with Gasteiger partial charge in [-0.1, -0.05) is 37.6 Å². The van der Waals surface area contributed by atoms with Crippen molar-refractivity contribution in [3.8, 4) is 0 Å². The molecule has 0 spiro atoms. The summed E-state index contributed by atoms with van der Waals surface area (Å²) < 4.78 is 0. The summed E-state index contributed by atoms with van der Waals surface area (Å²) in [6.45, 7) is 9.02. The Morgan fingerprint density at radius 3 is 2.61 bits per heavy atom. The van der Waals surface area contributed by atoms with Gasteiger partial charge in [-0.3, -0.25) is 0 Å². The second-order valence-electron chi connectivity index (χ2n) is 4.40. The van der Waals surface area contributed by atoms with E-state index in [0.717, 1.165) is 25.6 Å². The number of benzene rings is 1. The molecule has 3 heteroatoms. The molecule has 0 bridgehead atoms. The lowest BCUT2D eigenvalue weighted by atomic mass is 10.1. The molecule has 0 aliphatic heterocycles. The van der Waals surface area contributed by atoms with Gasteiger partial charge in [0, 0.05) is 13.1 Å². The van der Waals surface area contributed by atoms with Crippen molar-refractivity contribution in [3.63, 3.8) is 0 Å². The fourth-order valence-corrected chi connectivity index (χ4v) is 1.68. The molecule has 0 aliphatic carbocycles. The molecule has 0 unspecified atom stereocenters. The van der Waals surface area contributed by atoms with Gasteiger partial charge in [-0.25, -0.2) is 4.99 Å². The topological polar surface area (TPSA) is 36.4 Å². The van der Waals surface area contributed by atoms with Crippen LogP contribution in [0.15, 0.2) is 29.3 Å². The molecule has 18 heavy (non-hydrogen) atoms. The summed E-state index contributed by atoms with van der Waals surface area (Å²) in [5, 5.41) is 6.62. The van der Waals surface area contributed by atoms with E-state index >= 15 is 0 Å². The van der Waals surface area contributed by atoms with E-state index in [4.69, 9.17) is 0 Å². The number of guanidine groups is 1. The average Bonchev–Trinajstić information content (AvgIpc) is 2.38. The van der Waals surface area contributed by atoms with E-state index in [9.17, 15) is 0 Å². The zero-order valence-corrected chi connectivity index (χ0v) is 11.8. The van der Waals surface area contributed by atoms with Gasteiger partial charge in [-0.15, -0.1) is 0 Å². The normalized spacial score (nSPS) is 11.4. The van der Waals surface area contributed by atoms with E-state index in [1.165, 1.54) is 24.0 Å². The van der Waals surface area contributed by atoms with Gasteiger partial charge in [0.05, 0.1) is 6.54 Å². The lowest BCUT2D eigenvalue weighted by Crippen LogP contribution is -2.37. The second kappa shape index (κ2) is 8.56. The maximum absolute atomic E-state index is 4.61. The Hall–Kier alpha value is -1.51. The van der Waals surface area contributed by atoms with Crippen molar-refractivity contribution in [2.75, 3.05) is 13.1 Å². The van der Waals surface area contributed by atoms with Crippen molar-refractivity contribution in [2.45, 2.75) is 40.2 Å². The molecule has 1 rings (SSSR count). The van der Waals surface area contributed by atoms with Crippen LogP contribution < -0.4 is 10.6 Å². The van der Waals surface area contributed by atoms with Crippen molar-refractivity contribution >= 4 is 5.96 Å². The third-order valence-electron chi connectivity index (χ3n) is 2.84. The van der Waals surface area contributed by atoms with Gasteiger partial charge in [0.15, 0.2) is 5.96 Å². The molecule has 0 saturated heterocycles. The van der Waals surface area contributed by atoms with Crippen LogP contribution in [0, 0.1) is 6.92 Å². The first-order valence-electron chi connectivity index (χ1n) is 6.84. The second-order valence-corrected chi connectivity index (χ2v) is 4.40. The minimum atomic E-state index is 0.730. The van der Waals surface area contributed by atoms with Gasteiger partial charge in [-0.2, -0.15) is 0 Å². The molecule has 0 aliphatic rings. The molecule has 1 aromatic rings. The highest BCUT2D eigenvalue weighted by Gasteiger charge is 1.98. The summed E-state index contributed by atoms with van der Waals surface area (Å²) in [7, 11) is 0. The summed E-state index contributed by atoms with van der Waals surface area (Å²) in [6, 6.07) is 8.39. The molecule has 1 aromatic carbocycles. The van der Waals surface area contributed by atoms with E-state index in [-0.39, 0.29) is 0 Å². The maximum atomic E-state index is 4.61. The Kier molecular flexibility index (Phi) is 6.92. The molecule has 3 nitrogen and oxygen atoms in total. The standard InChI is InChI=1S/C15H25N3/c1-4-6-11-17-15(16-5-2)18-12-14-10-8-7-9-13(14)3/h7-10H,4-6,11-12H2,1-3H3,(H2,16,17,18). The number of nitrogens with one attached hydrogen (secondary N) is 2. The Bertz CT molecular complexity index is 372. The molecule has 0 amide bonds. The summed E-state index contributed by atoms with van der Waals surface area (Å²) in [5.41, 5.74) is 2.58. The number of aliphatic imine (C=N–C) groups is 1. The molecular weight excluding hydrogens is 222 g/mol. The Balaban J connectivity index is 2.56. The first-order valence-corrected chi connectivity index (χ1v) is 6.84. The van der Waals surface area contributed by atoms with Crippen LogP contribution in [0.5, 0.6) is 0 Å². The number of hydrogen-bond acceptors (Lipinski definition) is 1. The Labute approximate surface area is 111 Å². The molecule has 0 fully saturated rings. The van der Waals surface area contributed by atoms with Gasteiger partial charge in [0.1, 0.15) is 0 Å². The quantitative estimate of drug-likeness (QED) is 0.461. The van der Waals surface area contributed by atoms with Crippen LogP contribution in [0.2, 0.25) is 0 Å². The summed E-state index contributed by atoms with van der Waals surface area (Å²) in [5.74, 6) is 0.911. The molecule has 0 aromatic heterocycles. The number of unbranched alkanes of at least 4 members (excludes halogenated alkanes) is 1. The van der Waals surface area contributed by atoms with Gasteiger partial charge >= 0.3 is 0 Å². The van der Waals surface area contributed by atoms with Crippen molar-refractivity contribution in [1.29, 1.82) is 0 Å². The highest BCUT2D eigenvalue weighted by molar-refractivity contribution is 5.79. The fraction of sp³-hybridized carbons (Fsp3) is 0.533. The smallest absolute Gasteiger partial charge is 0.191 e. The van der Waals surface area contributed by atoms with E-state index in [1.807, 2.05) is 0 Å². The van der Waals surface area contributed by atoms with Crippen LogP contribution >= 0.6 is 0 Å². The third kappa shape index (κ3) is 5.21. The van der Waals surface area contributed by atoms with Crippen LogP contribution in [0.1, 0.15) is 37.8 Å². The summed E-state index contributed by atoms with van der Waals surface area (Å²) in [6.07, 6.45) is 2.37. The Morgan fingerprint density at radius 2 is 1.94 bits per heavy atom. The molecule has 0 atom stereocenters. The number of nitrogens with zero attached hydrogens (tertiary/aromatic N) is 1. The van der Waals surface area contributed by atoms with Crippen LogP contribution in [0.4, 0.5) is 0 Å². The molecule has 0 radical (unpaired) electrons. The molecule has 100 valence electrons. The zero-order chi connectivity index (χ0) is 13.2. The monoisotopic (exact) mass is 247 g/mol. The molecule has 0 saturated carbocycles. The van der Waals surface area contributed by atoms with Gasteiger partial charge in [0.2, 0.25) is 0 Å².